The molecule has 1 amide bonds. The Hall–Kier alpha value is -2.24. The van der Waals surface area contributed by atoms with E-state index < -0.39 is 0 Å². The SMILES string of the molecule is O=C(CC1CCCCC1)N1CCCC[C@@H]1c1nnc(-c2ccncc2)o1. The number of piperidine rings is 1. The molecule has 3 heterocycles. The van der Waals surface area contributed by atoms with Crippen molar-refractivity contribution in [1.29, 1.82) is 0 Å². The molecular weight excluding hydrogens is 328 g/mol. The molecule has 1 atom stereocenters. The molecular formula is C20H26N4O2. The molecule has 138 valence electrons. The molecule has 2 fully saturated rings. The molecule has 6 heteroatoms. The Kier molecular flexibility index (Phi) is 5.27. The molecule has 0 bridgehead atoms. The second-order valence-electron chi connectivity index (χ2n) is 7.49. The van der Waals surface area contributed by atoms with E-state index >= 15 is 0 Å². The minimum absolute atomic E-state index is 0.0806. The van der Waals surface area contributed by atoms with Gasteiger partial charge in [0.15, 0.2) is 0 Å². The van der Waals surface area contributed by atoms with Crippen LogP contribution in [-0.2, 0) is 4.79 Å². The van der Waals surface area contributed by atoms with Crippen LogP contribution < -0.4 is 0 Å². The van der Waals surface area contributed by atoms with E-state index in [1.807, 2.05) is 17.0 Å². The standard InChI is InChI=1S/C20H26N4O2/c25-18(14-15-6-2-1-3-7-15)24-13-5-4-8-17(24)20-23-22-19(26-20)16-9-11-21-12-10-16/h9-12,15,17H,1-8,13-14H2/t17-/m1/s1. The number of carbonyl (C=O) groups excluding carboxylic acids is 1. The van der Waals surface area contributed by atoms with E-state index in [1.54, 1.807) is 12.4 Å². The zero-order chi connectivity index (χ0) is 17.8. The Labute approximate surface area is 154 Å². The largest absolute Gasteiger partial charge is 0.418 e. The third kappa shape index (κ3) is 3.79. The van der Waals surface area contributed by atoms with Gasteiger partial charge in [-0.1, -0.05) is 19.3 Å². The van der Waals surface area contributed by atoms with Gasteiger partial charge in [0.05, 0.1) is 0 Å². The quantitative estimate of drug-likeness (QED) is 0.824. The number of likely N-dealkylation sites (tertiary alicyclic amines) is 1. The summed E-state index contributed by atoms with van der Waals surface area (Å²) in [7, 11) is 0. The number of hydrogen-bond donors (Lipinski definition) is 0. The summed E-state index contributed by atoms with van der Waals surface area (Å²) in [5, 5.41) is 8.45. The Balaban J connectivity index is 1.48. The van der Waals surface area contributed by atoms with Gasteiger partial charge in [-0.05, 0) is 50.2 Å². The normalized spacial score (nSPS) is 21.7. The molecule has 4 rings (SSSR count). The molecule has 0 unspecified atom stereocenters. The van der Waals surface area contributed by atoms with Crippen LogP contribution in [0.3, 0.4) is 0 Å². The fraction of sp³-hybridized carbons (Fsp3) is 0.600. The fourth-order valence-electron chi connectivity index (χ4n) is 4.22. The Bertz CT molecular complexity index is 724. The Morgan fingerprint density at radius 1 is 1.04 bits per heavy atom. The van der Waals surface area contributed by atoms with Crippen molar-refractivity contribution < 1.29 is 9.21 Å². The number of pyridine rings is 1. The topological polar surface area (TPSA) is 72.1 Å². The highest BCUT2D eigenvalue weighted by atomic mass is 16.4. The van der Waals surface area contributed by atoms with Gasteiger partial charge in [-0.2, -0.15) is 0 Å². The van der Waals surface area contributed by atoms with Crippen molar-refractivity contribution in [2.24, 2.45) is 5.92 Å². The van der Waals surface area contributed by atoms with E-state index in [9.17, 15) is 4.79 Å². The summed E-state index contributed by atoms with van der Waals surface area (Å²) in [5.74, 6) is 1.86. The lowest BCUT2D eigenvalue weighted by Gasteiger charge is -2.35. The summed E-state index contributed by atoms with van der Waals surface area (Å²) >= 11 is 0. The van der Waals surface area contributed by atoms with E-state index in [0.717, 1.165) is 31.4 Å². The van der Waals surface area contributed by atoms with Crippen LogP contribution >= 0.6 is 0 Å². The molecule has 0 radical (unpaired) electrons. The molecule has 1 aliphatic heterocycles. The summed E-state index contributed by atoms with van der Waals surface area (Å²) in [6, 6.07) is 3.62. The molecule has 1 saturated heterocycles. The predicted octanol–water partition coefficient (Wildman–Crippen LogP) is 4.16. The number of rotatable bonds is 4. The lowest BCUT2D eigenvalue weighted by atomic mass is 9.86. The maximum Gasteiger partial charge on any atom is 0.247 e. The molecule has 0 spiro atoms. The number of amides is 1. The first-order valence-electron chi connectivity index (χ1n) is 9.84. The Morgan fingerprint density at radius 2 is 1.81 bits per heavy atom. The smallest absolute Gasteiger partial charge is 0.247 e. The minimum Gasteiger partial charge on any atom is -0.418 e. The van der Waals surface area contributed by atoms with Crippen molar-refractivity contribution in [3.8, 4) is 11.5 Å². The molecule has 2 aliphatic rings. The van der Waals surface area contributed by atoms with Gasteiger partial charge in [-0.15, -0.1) is 10.2 Å². The third-order valence-electron chi connectivity index (χ3n) is 5.66. The van der Waals surface area contributed by atoms with E-state index in [0.29, 0.717) is 24.1 Å². The van der Waals surface area contributed by atoms with Gasteiger partial charge in [0.1, 0.15) is 6.04 Å². The van der Waals surface area contributed by atoms with Crippen molar-refractivity contribution in [3.63, 3.8) is 0 Å². The maximum absolute atomic E-state index is 13.0. The van der Waals surface area contributed by atoms with Crippen LogP contribution in [0.25, 0.3) is 11.5 Å². The monoisotopic (exact) mass is 354 g/mol. The number of nitrogens with zero attached hydrogens (tertiary/aromatic N) is 4. The first-order chi connectivity index (χ1) is 12.8. The molecule has 2 aromatic rings. The lowest BCUT2D eigenvalue weighted by Crippen LogP contribution is -2.39. The summed E-state index contributed by atoms with van der Waals surface area (Å²) in [5.41, 5.74) is 0.856. The van der Waals surface area contributed by atoms with E-state index in [1.165, 1.54) is 32.1 Å². The zero-order valence-corrected chi connectivity index (χ0v) is 15.1. The summed E-state index contributed by atoms with van der Waals surface area (Å²) in [6.45, 7) is 0.795. The summed E-state index contributed by atoms with van der Waals surface area (Å²) in [4.78, 5) is 19.0. The van der Waals surface area contributed by atoms with Crippen molar-refractivity contribution in [2.75, 3.05) is 6.54 Å². The molecule has 1 saturated carbocycles. The summed E-state index contributed by atoms with van der Waals surface area (Å²) in [6.07, 6.45) is 13.4. The molecule has 6 nitrogen and oxygen atoms in total. The first-order valence-corrected chi connectivity index (χ1v) is 9.84. The van der Waals surface area contributed by atoms with E-state index in [-0.39, 0.29) is 11.9 Å². The maximum atomic E-state index is 13.0. The van der Waals surface area contributed by atoms with Gasteiger partial charge in [0.25, 0.3) is 0 Å². The number of hydrogen-bond acceptors (Lipinski definition) is 5. The van der Waals surface area contributed by atoms with Gasteiger partial charge in [0, 0.05) is 30.9 Å². The zero-order valence-electron chi connectivity index (χ0n) is 15.1. The molecule has 1 aliphatic carbocycles. The molecule has 0 N–H and O–H groups in total. The second kappa shape index (κ2) is 7.98. The van der Waals surface area contributed by atoms with E-state index in [4.69, 9.17) is 4.42 Å². The van der Waals surface area contributed by atoms with Crippen LogP contribution in [0.1, 0.15) is 69.7 Å². The fourth-order valence-corrected chi connectivity index (χ4v) is 4.22. The van der Waals surface area contributed by atoms with Gasteiger partial charge < -0.3 is 9.32 Å². The van der Waals surface area contributed by atoms with Crippen molar-refractivity contribution in [2.45, 2.75) is 63.8 Å². The highest BCUT2D eigenvalue weighted by Crippen LogP contribution is 2.34. The second-order valence-corrected chi connectivity index (χ2v) is 7.49. The van der Waals surface area contributed by atoms with Gasteiger partial charge in [0.2, 0.25) is 17.7 Å². The molecule has 2 aromatic heterocycles. The highest BCUT2D eigenvalue weighted by molar-refractivity contribution is 5.77. The van der Waals surface area contributed by atoms with Gasteiger partial charge >= 0.3 is 0 Å². The Morgan fingerprint density at radius 3 is 2.62 bits per heavy atom. The number of aromatic nitrogens is 3. The van der Waals surface area contributed by atoms with Crippen LogP contribution in [0.4, 0.5) is 0 Å². The van der Waals surface area contributed by atoms with Crippen molar-refractivity contribution in [1.82, 2.24) is 20.1 Å². The van der Waals surface area contributed by atoms with Gasteiger partial charge in [-0.25, -0.2) is 0 Å². The first kappa shape index (κ1) is 17.2. The van der Waals surface area contributed by atoms with Crippen LogP contribution in [0.2, 0.25) is 0 Å². The van der Waals surface area contributed by atoms with E-state index in [2.05, 4.69) is 15.2 Å². The lowest BCUT2D eigenvalue weighted by molar-refractivity contribution is -0.137. The van der Waals surface area contributed by atoms with Crippen LogP contribution in [-0.4, -0.2) is 32.5 Å². The van der Waals surface area contributed by atoms with Crippen molar-refractivity contribution in [3.05, 3.63) is 30.4 Å². The van der Waals surface area contributed by atoms with Gasteiger partial charge in [-0.3, -0.25) is 9.78 Å². The molecule has 26 heavy (non-hydrogen) atoms. The predicted molar refractivity (Wildman–Crippen MR) is 97.0 cm³/mol. The average Bonchev–Trinajstić information content (AvgIpc) is 3.19. The van der Waals surface area contributed by atoms with Crippen molar-refractivity contribution >= 4 is 5.91 Å². The third-order valence-corrected chi connectivity index (χ3v) is 5.66. The summed E-state index contributed by atoms with van der Waals surface area (Å²) < 4.78 is 5.94. The number of carbonyl (C=O) groups is 1. The van der Waals surface area contributed by atoms with Crippen LogP contribution in [0, 0.1) is 5.92 Å². The van der Waals surface area contributed by atoms with Crippen LogP contribution in [0.5, 0.6) is 0 Å². The average molecular weight is 354 g/mol. The van der Waals surface area contributed by atoms with Crippen LogP contribution in [0.15, 0.2) is 28.9 Å². The molecule has 0 aromatic carbocycles. The highest BCUT2D eigenvalue weighted by Gasteiger charge is 2.33. The minimum atomic E-state index is -0.0806.